The number of carbonyl (C=O) groups excluding carboxylic acids is 1. The molecule has 0 aliphatic carbocycles. The summed E-state index contributed by atoms with van der Waals surface area (Å²) in [4.78, 5) is 11.7. The predicted molar refractivity (Wildman–Crippen MR) is 66.2 cm³/mol. The van der Waals surface area contributed by atoms with Crippen LogP contribution in [0.15, 0.2) is 6.20 Å². The first-order valence-electron chi connectivity index (χ1n) is 5.28. The van der Waals surface area contributed by atoms with Crippen molar-refractivity contribution in [2.45, 2.75) is 19.3 Å². The second kappa shape index (κ2) is 6.65. The zero-order valence-electron chi connectivity index (χ0n) is 10.2. The minimum Gasteiger partial charge on any atom is -0.346 e. The molecule has 8 heteroatoms. The van der Waals surface area contributed by atoms with E-state index < -0.39 is 24.9 Å². The quantitative estimate of drug-likeness (QED) is 0.836. The molecule has 0 radical (unpaired) electrons. The number of nitrogens with zero attached hydrogens (tertiary/aromatic N) is 2. The zero-order chi connectivity index (χ0) is 13.1. The van der Waals surface area contributed by atoms with Crippen LogP contribution in [0.5, 0.6) is 0 Å². The molecule has 1 amide bonds. The van der Waals surface area contributed by atoms with Crippen LogP contribution in [0.2, 0.25) is 0 Å². The van der Waals surface area contributed by atoms with Gasteiger partial charge in [-0.1, -0.05) is 6.92 Å². The van der Waals surface area contributed by atoms with E-state index in [0.717, 1.165) is 0 Å². The maximum absolute atomic E-state index is 12.9. The topological polar surface area (TPSA) is 72.9 Å². The average Bonchev–Trinajstić information content (AvgIpc) is 2.67. The van der Waals surface area contributed by atoms with Crippen LogP contribution in [0.1, 0.15) is 23.0 Å². The van der Waals surface area contributed by atoms with Crippen molar-refractivity contribution < 1.29 is 13.6 Å². The fraction of sp³-hybridized carbons (Fsp3) is 0.600. The smallest absolute Gasteiger partial charge is 0.277 e. The number of hydrogen-bond donors (Lipinski definition) is 2. The number of rotatable bonds is 5. The number of nitrogens with one attached hydrogen (secondary N) is 1. The third kappa shape index (κ3) is 4.23. The first-order valence-corrected chi connectivity index (χ1v) is 5.28. The van der Waals surface area contributed by atoms with Crippen LogP contribution in [0, 0.1) is 0 Å². The van der Waals surface area contributed by atoms with Gasteiger partial charge < -0.3 is 11.1 Å². The van der Waals surface area contributed by atoms with Crippen LogP contribution < -0.4 is 11.1 Å². The lowest BCUT2D eigenvalue weighted by Crippen LogP contribution is -2.41. The summed E-state index contributed by atoms with van der Waals surface area (Å²) in [6.45, 7) is 0.287. The lowest BCUT2D eigenvalue weighted by Gasteiger charge is -2.14. The Morgan fingerprint density at radius 1 is 1.61 bits per heavy atom. The molecule has 104 valence electrons. The molecule has 3 N–H and O–H groups in total. The summed E-state index contributed by atoms with van der Waals surface area (Å²) in [5, 5.41) is 6.21. The van der Waals surface area contributed by atoms with Gasteiger partial charge in [0.1, 0.15) is 0 Å². The van der Waals surface area contributed by atoms with Crippen molar-refractivity contribution in [3.63, 3.8) is 0 Å². The van der Waals surface area contributed by atoms with E-state index in [9.17, 15) is 13.6 Å². The minimum absolute atomic E-state index is 0. The van der Waals surface area contributed by atoms with E-state index in [1.807, 2.05) is 6.92 Å². The maximum atomic E-state index is 12.9. The van der Waals surface area contributed by atoms with Gasteiger partial charge in [-0.2, -0.15) is 5.10 Å². The first kappa shape index (κ1) is 16.8. The number of alkyl halides is 2. The highest BCUT2D eigenvalue weighted by Crippen LogP contribution is 2.11. The van der Waals surface area contributed by atoms with Crippen LogP contribution in [0.4, 0.5) is 8.78 Å². The predicted octanol–water partition coefficient (Wildman–Crippen LogP) is 0.728. The lowest BCUT2D eigenvalue weighted by atomic mass is 10.2. The molecule has 18 heavy (non-hydrogen) atoms. The Hall–Kier alpha value is -1.21. The van der Waals surface area contributed by atoms with Gasteiger partial charge in [0, 0.05) is 13.2 Å². The second-order valence-electron chi connectivity index (χ2n) is 3.76. The van der Waals surface area contributed by atoms with Gasteiger partial charge in [-0.15, -0.1) is 12.4 Å². The molecule has 0 atom stereocenters. The van der Waals surface area contributed by atoms with E-state index in [4.69, 9.17) is 5.73 Å². The molecule has 0 bridgehead atoms. The van der Waals surface area contributed by atoms with Crippen LogP contribution in [-0.4, -0.2) is 34.7 Å². The average molecular weight is 283 g/mol. The van der Waals surface area contributed by atoms with Crippen molar-refractivity contribution in [2.24, 2.45) is 12.8 Å². The summed E-state index contributed by atoms with van der Waals surface area (Å²) in [5.41, 5.74) is 5.78. The normalized spacial score (nSPS) is 10.9. The molecule has 0 saturated heterocycles. The molecule has 0 saturated carbocycles. The van der Waals surface area contributed by atoms with Gasteiger partial charge in [0.05, 0.1) is 24.3 Å². The fourth-order valence-electron chi connectivity index (χ4n) is 1.36. The number of amides is 1. The molecular formula is C10H17ClF2N4O. The van der Waals surface area contributed by atoms with Crippen molar-refractivity contribution in [2.75, 3.05) is 13.1 Å². The molecule has 1 aromatic rings. The maximum Gasteiger partial charge on any atom is 0.277 e. The second-order valence-corrected chi connectivity index (χ2v) is 3.76. The van der Waals surface area contributed by atoms with Gasteiger partial charge in [-0.05, 0) is 6.42 Å². The van der Waals surface area contributed by atoms with Crippen LogP contribution >= 0.6 is 12.4 Å². The van der Waals surface area contributed by atoms with Crippen LogP contribution in [-0.2, 0) is 13.5 Å². The van der Waals surface area contributed by atoms with E-state index in [1.165, 1.54) is 10.9 Å². The minimum atomic E-state index is -3.08. The number of hydrogen-bond acceptors (Lipinski definition) is 3. The Kier molecular flexibility index (Phi) is 6.20. The van der Waals surface area contributed by atoms with Gasteiger partial charge in [0.2, 0.25) is 0 Å². The molecule has 0 aromatic carbocycles. The van der Waals surface area contributed by atoms with Gasteiger partial charge in [0.15, 0.2) is 0 Å². The summed E-state index contributed by atoms with van der Waals surface area (Å²) in [7, 11) is 1.67. The highest BCUT2D eigenvalue weighted by atomic mass is 35.5. The molecule has 1 heterocycles. The molecule has 0 spiro atoms. The number of aromatic nitrogens is 2. The molecule has 0 fully saturated rings. The van der Waals surface area contributed by atoms with E-state index in [-0.39, 0.29) is 12.4 Å². The Morgan fingerprint density at radius 3 is 2.72 bits per heavy atom. The van der Waals surface area contributed by atoms with Crippen molar-refractivity contribution in [3.05, 3.63) is 17.5 Å². The van der Waals surface area contributed by atoms with Gasteiger partial charge >= 0.3 is 0 Å². The third-order valence-electron chi connectivity index (χ3n) is 2.29. The monoisotopic (exact) mass is 282 g/mol. The number of halogens is 3. The molecule has 5 nitrogen and oxygen atoms in total. The van der Waals surface area contributed by atoms with Crippen molar-refractivity contribution in [3.8, 4) is 0 Å². The molecule has 0 unspecified atom stereocenters. The van der Waals surface area contributed by atoms with Gasteiger partial charge in [-0.3, -0.25) is 9.48 Å². The number of carbonyl (C=O) groups is 1. The Labute approximate surface area is 110 Å². The van der Waals surface area contributed by atoms with Crippen molar-refractivity contribution in [1.29, 1.82) is 0 Å². The number of aryl methyl sites for hydroxylation is 2. The van der Waals surface area contributed by atoms with Gasteiger partial charge in [0.25, 0.3) is 11.8 Å². The summed E-state index contributed by atoms with van der Waals surface area (Å²) >= 11 is 0. The van der Waals surface area contributed by atoms with E-state index >= 15 is 0 Å². The Morgan fingerprint density at radius 2 is 2.22 bits per heavy atom. The lowest BCUT2D eigenvalue weighted by molar-refractivity contribution is 0.0118. The SMILES string of the molecule is CCc1nn(C)cc1C(=O)NCC(F)(F)CN.Cl. The first-order chi connectivity index (χ1) is 7.89. The van der Waals surface area contributed by atoms with Crippen LogP contribution in [0.25, 0.3) is 0 Å². The largest absolute Gasteiger partial charge is 0.346 e. The van der Waals surface area contributed by atoms with E-state index in [0.29, 0.717) is 17.7 Å². The standard InChI is InChI=1S/C10H16F2N4O.ClH/c1-3-8-7(4-16(2)15-8)9(17)14-6-10(11,12)5-13;/h4H,3,5-6,13H2,1-2H3,(H,14,17);1H. The summed E-state index contributed by atoms with van der Waals surface area (Å²) in [6.07, 6.45) is 2.08. The van der Waals surface area contributed by atoms with Crippen molar-refractivity contribution >= 4 is 18.3 Å². The molecular weight excluding hydrogens is 266 g/mol. The molecule has 0 aliphatic heterocycles. The van der Waals surface area contributed by atoms with E-state index in [1.54, 1.807) is 7.05 Å². The molecule has 0 aliphatic rings. The Balaban J connectivity index is 0.00000289. The highest BCUT2D eigenvalue weighted by molar-refractivity contribution is 5.95. The Bertz CT molecular complexity index is 409. The summed E-state index contributed by atoms with van der Waals surface area (Å²) < 4.78 is 27.2. The molecule has 1 rings (SSSR count). The zero-order valence-corrected chi connectivity index (χ0v) is 11.1. The summed E-state index contributed by atoms with van der Waals surface area (Å²) in [6, 6.07) is 0. The molecule has 1 aromatic heterocycles. The fourth-order valence-corrected chi connectivity index (χ4v) is 1.36. The number of nitrogens with two attached hydrogens (primary N) is 1. The third-order valence-corrected chi connectivity index (χ3v) is 2.29. The highest BCUT2D eigenvalue weighted by Gasteiger charge is 2.28. The van der Waals surface area contributed by atoms with Crippen LogP contribution in [0.3, 0.4) is 0 Å². The summed E-state index contributed by atoms with van der Waals surface area (Å²) in [5.74, 6) is -3.63. The van der Waals surface area contributed by atoms with Crippen molar-refractivity contribution in [1.82, 2.24) is 15.1 Å². The van der Waals surface area contributed by atoms with Gasteiger partial charge in [-0.25, -0.2) is 8.78 Å². The van der Waals surface area contributed by atoms with E-state index in [2.05, 4.69) is 10.4 Å².